The Balaban J connectivity index is 1.34. The number of ether oxygens (including phenoxy) is 1. The first kappa shape index (κ1) is 17.2. The maximum Gasteiger partial charge on any atom is 0.213 e. The van der Waals surface area contributed by atoms with E-state index >= 15 is 0 Å². The molecule has 5 rings (SSSR count). The Morgan fingerprint density at radius 3 is 2.79 bits per heavy atom. The first-order chi connectivity index (χ1) is 14.3. The minimum atomic E-state index is 0.0926. The minimum Gasteiger partial charge on any atom is -0.472 e. The van der Waals surface area contributed by atoms with Gasteiger partial charge in [-0.25, -0.2) is 14.5 Å². The van der Waals surface area contributed by atoms with E-state index in [-0.39, 0.29) is 6.10 Å². The Morgan fingerprint density at radius 1 is 1.07 bits per heavy atom. The largest absolute Gasteiger partial charge is 0.472 e. The van der Waals surface area contributed by atoms with Crippen LogP contribution < -0.4 is 9.64 Å². The predicted octanol–water partition coefficient (Wildman–Crippen LogP) is 3.32. The quantitative estimate of drug-likeness (QED) is 0.539. The molecule has 4 aromatic heterocycles. The molecule has 29 heavy (non-hydrogen) atoms. The summed E-state index contributed by atoms with van der Waals surface area (Å²) in [6.45, 7) is 1.64. The Kier molecular flexibility index (Phi) is 4.30. The molecule has 1 atom stereocenters. The van der Waals surface area contributed by atoms with E-state index < -0.39 is 0 Å². The van der Waals surface area contributed by atoms with E-state index in [9.17, 15) is 5.26 Å². The summed E-state index contributed by atoms with van der Waals surface area (Å²) in [5, 5.41) is 14.1. The average molecular weight is 382 g/mol. The Labute approximate surface area is 167 Å². The summed E-state index contributed by atoms with van der Waals surface area (Å²) in [7, 11) is 0. The second kappa shape index (κ2) is 7.24. The number of hydrogen-bond acceptors (Lipinski definition) is 6. The van der Waals surface area contributed by atoms with E-state index in [1.807, 2.05) is 54.7 Å². The van der Waals surface area contributed by atoms with Crippen LogP contribution in [-0.4, -0.2) is 38.8 Å². The number of pyridine rings is 3. The van der Waals surface area contributed by atoms with Gasteiger partial charge in [0.05, 0.1) is 12.1 Å². The monoisotopic (exact) mass is 382 g/mol. The fourth-order valence-corrected chi connectivity index (χ4v) is 3.64. The van der Waals surface area contributed by atoms with Crippen molar-refractivity contribution in [2.75, 3.05) is 18.0 Å². The van der Waals surface area contributed by atoms with Gasteiger partial charge in [-0.05, 0) is 30.3 Å². The third-order valence-electron chi connectivity index (χ3n) is 5.07. The zero-order chi connectivity index (χ0) is 19.6. The van der Waals surface area contributed by atoms with Gasteiger partial charge in [0.25, 0.3) is 0 Å². The Bertz CT molecular complexity index is 1180. The van der Waals surface area contributed by atoms with Gasteiger partial charge in [-0.3, -0.25) is 0 Å². The molecule has 0 N–H and O–H groups in total. The van der Waals surface area contributed by atoms with Gasteiger partial charge in [-0.1, -0.05) is 12.1 Å². The highest BCUT2D eigenvalue weighted by Gasteiger charge is 2.25. The van der Waals surface area contributed by atoms with Crippen LogP contribution in [0.4, 0.5) is 5.82 Å². The molecule has 0 spiro atoms. The number of fused-ring (bicyclic) bond motifs is 1. The lowest BCUT2D eigenvalue weighted by atomic mass is 10.1. The Hall–Kier alpha value is -3.92. The first-order valence-electron chi connectivity index (χ1n) is 9.48. The molecular formula is C22H18N6O. The lowest BCUT2D eigenvalue weighted by Crippen LogP contribution is -2.25. The van der Waals surface area contributed by atoms with Gasteiger partial charge in [0.2, 0.25) is 5.88 Å². The second-order valence-corrected chi connectivity index (χ2v) is 6.91. The van der Waals surface area contributed by atoms with Gasteiger partial charge < -0.3 is 9.64 Å². The van der Waals surface area contributed by atoms with Crippen molar-refractivity contribution in [3.05, 3.63) is 72.7 Å². The van der Waals surface area contributed by atoms with Crippen molar-refractivity contribution < 1.29 is 4.74 Å². The van der Waals surface area contributed by atoms with Crippen molar-refractivity contribution in [2.24, 2.45) is 0 Å². The SMILES string of the molecule is N#Cc1c(-c2ccc(N3CCC(Oc4ccccn4)C3)nc2)nn2ccccc12. The highest BCUT2D eigenvalue weighted by atomic mass is 16.5. The molecule has 1 fully saturated rings. The molecule has 142 valence electrons. The molecule has 5 heterocycles. The fraction of sp³-hybridized carbons (Fsp3) is 0.182. The second-order valence-electron chi connectivity index (χ2n) is 6.91. The molecule has 1 aliphatic rings. The number of aromatic nitrogens is 4. The molecule has 7 nitrogen and oxygen atoms in total. The van der Waals surface area contributed by atoms with Crippen LogP contribution in [0, 0.1) is 11.3 Å². The molecule has 0 bridgehead atoms. The number of hydrogen-bond donors (Lipinski definition) is 0. The van der Waals surface area contributed by atoms with Crippen LogP contribution >= 0.6 is 0 Å². The normalized spacial score (nSPS) is 16.1. The van der Waals surface area contributed by atoms with Gasteiger partial charge in [0.15, 0.2) is 0 Å². The van der Waals surface area contributed by atoms with Crippen LogP contribution in [0.1, 0.15) is 12.0 Å². The van der Waals surface area contributed by atoms with E-state index in [0.29, 0.717) is 17.1 Å². The summed E-state index contributed by atoms with van der Waals surface area (Å²) in [6, 6.07) is 17.6. The zero-order valence-electron chi connectivity index (χ0n) is 15.6. The van der Waals surface area contributed by atoms with Crippen LogP contribution in [0.15, 0.2) is 67.1 Å². The van der Waals surface area contributed by atoms with E-state index in [4.69, 9.17) is 4.74 Å². The summed E-state index contributed by atoms with van der Waals surface area (Å²) in [6.07, 6.45) is 6.37. The number of nitrogens with zero attached hydrogens (tertiary/aromatic N) is 6. The molecule has 1 saturated heterocycles. The smallest absolute Gasteiger partial charge is 0.213 e. The van der Waals surface area contributed by atoms with Crippen molar-refractivity contribution >= 4 is 11.3 Å². The van der Waals surface area contributed by atoms with Crippen LogP contribution in [0.5, 0.6) is 5.88 Å². The standard InChI is InChI=1S/C22H18N6O/c23-13-18-19-5-2-4-11-28(19)26-22(18)16-7-8-20(25-14-16)27-12-9-17(15-27)29-21-6-1-3-10-24-21/h1-8,10-11,14,17H,9,12,15H2. The van der Waals surface area contributed by atoms with Gasteiger partial charge in [-0.2, -0.15) is 10.4 Å². The van der Waals surface area contributed by atoms with Crippen molar-refractivity contribution in [2.45, 2.75) is 12.5 Å². The summed E-state index contributed by atoms with van der Waals surface area (Å²) in [5.41, 5.74) is 2.83. The number of rotatable bonds is 4. The first-order valence-corrected chi connectivity index (χ1v) is 9.48. The number of nitriles is 1. The van der Waals surface area contributed by atoms with Crippen LogP contribution in [0.3, 0.4) is 0 Å². The van der Waals surface area contributed by atoms with Crippen LogP contribution in [0.25, 0.3) is 16.8 Å². The van der Waals surface area contributed by atoms with Gasteiger partial charge in [-0.15, -0.1) is 0 Å². The summed E-state index contributed by atoms with van der Waals surface area (Å²) >= 11 is 0. The molecule has 4 aromatic rings. The van der Waals surface area contributed by atoms with Crippen LogP contribution in [-0.2, 0) is 0 Å². The lowest BCUT2D eigenvalue weighted by Gasteiger charge is -2.18. The van der Waals surface area contributed by atoms with Gasteiger partial charge in [0.1, 0.15) is 29.2 Å². The molecule has 1 aliphatic heterocycles. The molecule has 0 saturated carbocycles. The van der Waals surface area contributed by atoms with E-state index in [1.165, 1.54) is 0 Å². The van der Waals surface area contributed by atoms with Crippen molar-refractivity contribution in [1.29, 1.82) is 5.26 Å². The molecular weight excluding hydrogens is 364 g/mol. The fourth-order valence-electron chi connectivity index (χ4n) is 3.64. The maximum atomic E-state index is 9.59. The molecule has 0 aromatic carbocycles. The maximum absolute atomic E-state index is 9.59. The predicted molar refractivity (Wildman–Crippen MR) is 109 cm³/mol. The topological polar surface area (TPSA) is 79.3 Å². The zero-order valence-corrected chi connectivity index (χ0v) is 15.6. The third-order valence-corrected chi connectivity index (χ3v) is 5.07. The van der Waals surface area contributed by atoms with Gasteiger partial charge in [0, 0.05) is 43.2 Å². The van der Waals surface area contributed by atoms with Crippen molar-refractivity contribution in [3.63, 3.8) is 0 Å². The van der Waals surface area contributed by atoms with Crippen LogP contribution in [0.2, 0.25) is 0 Å². The van der Waals surface area contributed by atoms with Gasteiger partial charge >= 0.3 is 0 Å². The Morgan fingerprint density at radius 2 is 2.00 bits per heavy atom. The molecule has 7 heteroatoms. The van der Waals surface area contributed by atoms with Crippen molar-refractivity contribution in [3.8, 4) is 23.2 Å². The summed E-state index contributed by atoms with van der Waals surface area (Å²) in [4.78, 5) is 11.0. The summed E-state index contributed by atoms with van der Waals surface area (Å²) < 4.78 is 7.68. The number of anilines is 1. The molecule has 0 aliphatic carbocycles. The van der Waals surface area contributed by atoms with E-state index in [0.717, 1.165) is 36.4 Å². The molecule has 1 unspecified atom stereocenters. The van der Waals surface area contributed by atoms with Crippen molar-refractivity contribution in [1.82, 2.24) is 19.6 Å². The average Bonchev–Trinajstić information content (AvgIpc) is 3.39. The minimum absolute atomic E-state index is 0.0926. The molecule has 0 amide bonds. The third kappa shape index (κ3) is 3.25. The lowest BCUT2D eigenvalue weighted by molar-refractivity contribution is 0.216. The summed E-state index contributed by atoms with van der Waals surface area (Å²) in [5.74, 6) is 1.54. The highest BCUT2D eigenvalue weighted by Crippen LogP contribution is 2.27. The molecule has 0 radical (unpaired) electrons. The highest BCUT2D eigenvalue weighted by molar-refractivity contribution is 5.77. The van der Waals surface area contributed by atoms with E-state index in [1.54, 1.807) is 16.9 Å². The van der Waals surface area contributed by atoms with E-state index in [2.05, 4.69) is 26.0 Å².